The van der Waals surface area contributed by atoms with Crippen molar-refractivity contribution in [2.75, 3.05) is 19.1 Å². The molecule has 0 aliphatic rings. The Morgan fingerprint density at radius 3 is 2.47 bits per heavy atom. The highest BCUT2D eigenvalue weighted by atomic mass is 16.5. The molecular formula is C14H18N4O. The van der Waals surface area contributed by atoms with E-state index in [-0.39, 0.29) is 0 Å². The monoisotopic (exact) mass is 258 g/mol. The molecule has 19 heavy (non-hydrogen) atoms. The van der Waals surface area contributed by atoms with Gasteiger partial charge in [0.25, 0.3) is 0 Å². The van der Waals surface area contributed by atoms with Crippen LogP contribution in [0.3, 0.4) is 0 Å². The minimum absolute atomic E-state index is 0.565. The maximum Gasteiger partial charge on any atom is 0.218 e. The molecule has 0 saturated carbocycles. The summed E-state index contributed by atoms with van der Waals surface area (Å²) in [4.78, 5) is 10.3. The van der Waals surface area contributed by atoms with Crippen LogP contribution in [0.2, 0.25) is 0 Å². The molecule has 0 atom stereocenters. The lowest BCUT2D eigenvalue weighted by atomic mass is 10.1. The number of nitrogens with two attached hydrogens (primary N) is 1. The Morgan fingerprint density at radius 2 is 1.84 bits per heavy atom. The number of benzene rings is 1. The highest BCUT2D eigenvalue weighted by Gasteiger charge is 2.05. The number of rotatable bonds is 5. The second kappa shape index (κ2) is 6.15. The molecule has 0 unspecified atom stereocenters. The van der Waals surface area contributed by atoms with Gasteiger partial charge >= 0.3 is 0 Å². The Morgan fingerprint density at radius 1 is 1.16 bits per heavy atom. The molecule has 2 rings (SSSR count). The van der Waals surface area contributed by atoms with E-state index in [0.717, 1.165) is 17.9 Å². The van der Waals surface area contributed by atoms with E-state index in [2.05, 4.69) is 22.1 Å². The first kappa shape index (κ1) is 13.3. The maximum absolute atomic E-state index is 5.58. The van der Waals surface area contributed by atoms with Gasteiger partial charge in [0, 0.05) is 26.2 Å². The molecule has 0 aliphatic carbocycles. The predicted molar refractivity (Wildman–Crippen MR) is 75.0 cm³/mol. The minimum atomic E-state index is 0.565. The van der Waals surface area contributed by atoms with Crippen molar-refractivity contribution >= 4 is 5.82 Å². The fraction of sp³-hybridized carbons (Fsp3) is 0.286. The van der Waals surface area contributed by atoms with Crippen molar-refractivity contribution in [3.63, 3.8) is 0 Å². The molecule has 5 heteroatoms. The van der Waals surface area contributed by atoms with Crippen molar-refractivity contribution in [1.82, 2.24) is 9.97 Å². The third-order valence-corrected chi connectivity index (χ3v) is 2.91. The zero-order valence-corrected chi connectivity index (χ0v) is 11.2. The van der Waals surface area contributed by atoms with Crippen LogP contribution in [0.25, 0.3) is 0 Å². The summed E-state index contributed by atoms with van der Waals surface area (Å²) in [6.07, 6.45) is 1.50. The molecular weight excluding hydrogens is 240 g/mol. The van der Waals surface area contributed by atoms with E-state index in [1.54, 1.807) is 7.11 Å². The van der Waals surface area contributed by atoms with Gasteiger partial charge in [0.15, 0.2) is 0 Å². The SMILES string of the molecule is COc1cc(N(C)Cc2ccc(CN)cc2)ncn1. The molecule has 0 fully saturated rings. The van der Waals surface area contributed by atoms with Crippen LogP contribution in [-0.4, -0.2) is 24.1 Å². The summed E-state index contributed by atoms with van der Waals surface area (Å²) in [6, 6.07) is 10.1. The van der Waals surface area contributed by atoms with E-state index in [9.17, 15) is 0 Å². The average Bonchev–Trinajstić information content (AvgIpc) is 2.48. The van der Waals surface area contributed by atoms with Crippen molar-refractivity contribution in [3.8, 4) is 5.88 Å². The van der Waals surface area contributed by atoms with Crippen LogP contribution in [0, 0.1) is 0 Å². The smallest absolute Gasteiger partial charge is 0.218 e. The van der Waals surface area contributed by atoms with Crippen LogP contribution in [0.4, 0.5) is 5.82 Å². The van der Waals surface area contributed by atoms with Crippen LogP contribution >= 0.6 is 0 Å². The number of hydrogen-bond donors (Lipinski definition) is 1. The van der Waals surface area contributed by atoms with E-state index in [0.29, 0.717) is 12.4 Å². The number of ether oxygens (including phenoxy) is 1. The molecule has 100 valence electrons. The lowest BCUT2D eigenvalue weighted by Crippen LogP contribution is -2.17. The molecule has 5 nitrogen and oxygen atoms in total. The number of nitrogens with zero attached hydrogens (tertiary/aromatic N) is 3. The Hall–Kier alpha value is -2.14. The van der Waals surface area contributed by atoms with Gasteiger partial charge in [-0.05, 0) is 11.1 Å². The molecule has 1 heterocycles. The fourth-order valence-electron chi connectivity index (χ4n) is 1.79. The van der Waals surface area contributed by atoms with Gasteiger partial charge in [0.1, 0.15) is 12.1 Å². The summed E-state index contributed by atoms with van der Waals surface area (Å²) in [5, 5.41) is 0. The second-order valence-corrected chi connectivity index (χ2v) is 4.30. The third-order valence-electron chi connectivity index (χ3n) is 2.91. The molecule has 0 spiro atoms. The summed E-state index contributed by atoms with van der Waals surface area (Å²) in [5.74, 6) is 1.39. The fourth-order valence-corrected chi connectivity index (χ4v) is 1.79. The number of hydrogen-bond acceptors (Lipinski definition) is 5. The van der Waals surface area contributed by atoms with E-state index in [1.165, 1.54) is 11.9 Å². The van der Waals surface area contributed by atoms with Crippen LogP contribution < -0.4 is 15.4 Å². The second-order valence-electron chi connectivity index (χ2n) is 4.30. The molecule has 0 radical (unpaired) electrons. The first-order valence-corrected chi connectivity index (χ1v) is 6.08. The number of methoxy groups -OCH3 is 1. The Labute approximate surface area is 113 Å². The van der Waals surface area contributed by atoms with E-state index in [4.69, 9.17) is 10.5 Å². The van der Waals surface area contributed by atoms with E-state index < -0.39 is 0 Å². The van der Waals surface area contributed by atoms with Crippen molar-refractivity contribution in [2.24, 2.45) is 5.73 Å². The highest BCUT2D eigenvalue weighted by Crippen LogP contribution is 2.16. The molecule has 0 amide bonds. The normalized spacial score (nSPS) is 10.3. The van der Waals surface area contributed by atoms with Crippen molar-refractivity contribution in [1.29, 1.82) is 0 Å². The molecule has 1 aromatic heterocycles. The lowest BCUT2D eigenvalue weighted by molar-refractivity contribution is 0.397. The first-order chi connectivity index (χ1) is 9.22. The largest absolute Gasteiger partial charge is 0.481 e. The van der Waals surface area contributed by atoms with Crippen LogP contribution in [0.1, 0.15) is 11.1 Å². The van der Waals surface area contributed by atoms with E-state index >= 15 is 0 Å². The summed E-state index contributed by atoms with van der Waals surface area (Å²) in [5.41, 5.74) is 7.92. The zero-order valence-electron chi connectivity index (χ0n) is 11.2. The summed E-state index contributed by atoms with van der Waals surface area (Å²) in [6.45, 7) is 1.34. The van der Waals surface area contributed by atoms with Crippen LogP contribution in [0.15, 0.2) is 36.7 Å². The molecule has 1 aromatic carbocycles. The Kier molecular flexibility index (Phi) is 4.30. The van der Waals surface area contributed by atoms with Gasteiger partial charge in [-0.2, -0.15) is 0 Å². The van der Waals surface area contributed by atoms with Crippen molar-refractivity contribution in [2.45, 2.75) is 13.1 Å². The maximum atomic E-state index is 5.58. The highest BCUT2D eigenvalue weighted by molar-refractivity contribution is 5.41. The van der Waals surface area contributed by atoms with Gasteiger partial charge in [-0.1, -0.05) is 24.3 Å². The lowest BCUT2D eigenvalue weighted by Gasteiger charge is -2.18. The molecule has 0 aliphatic heterocycles. The van der Waals surface area contributed by atoms with Crippen molar-refractivity contribution < 1.29 is 4.74 Å². The molecule has 0 saturated heterocycles. The van der Waals surface area contributed by atoms with Gasteiger partial charge < -0.3 is 15.4 Å². The summed E-state index contributed by atoms with van der Waals surface area (Å²) < 4.78 is 5.09. The van der Waals surface area contributed by atoms with Gasteiger partial charge in [-0.3, -0.25) is 0 Å². The third kappa shape index (κ3) is 3.42. The average molecular weight is 258 g/mol. The predicted octanol–water partition coefficient (Wildman–Crippen LogP) is 1.58. The molecule has 2 aromatic rings. The van der Waals surface area contributed by atoms with Crippen LogP contribution in [0.5, 0.6) is 5.88 Å². The summed E-state index contributed by atoms with van der Waals surface area (Å²) in [7, 11) is 3.58. The molecule has 0 bridgehead atoms. The topological polar surface area (TPSA) is 64.3 Å². The number of anilines is 1. The van der Waals surface area contributed by atoms with Gasteiger partial charge in [0.05, 0.1) is 7.11 Å². The summed E-state index contributed by atoms with van der Waals surface area (Å²) >= 11 is 0. The van der Waals surface area contributed by atoms with Crippen molar-refractivity contribution in [3.05, 3.63) is 47.8 Å². The number of aromatic nitrogens is 2. The van der Waals surface area contributed by atoms with Gasteiger partial charge in [0.2, 0.25) is 5.88 Å². The van der Waals surface area contributed by atoms with E-state index in [1.807, 2.05) is 30.1 Å². The minimum Gasteiger partial charge on any atom is -0.481 e. The Bertz CT molecular complexity index is 527. The van der Waals surface area contributed by atoms with Gasteiger partial charge in [-0.25, -0.2) is 9.97 Å². The molecule has 2 N–H and O–H groups in total. The Balaban J connectivity index is 2.08. The quantitative estimate of drug-likeness (QED) is 0.882. The first-order valence-electron chi connectivity index (χ1n) is 6.08. The standard InChI is InChI=1S/C14H18N4O/c1-18(13-7-14(19-2)17-10-16-13)9-12-5-3-11(8-15)4-6-12/h3-7,10H,8-9,15H2,1-2H3. The zero-order chi connectivity index (χ0) is 13.7. The van der Waals surface area contributed by atoms with Crippen LogP contribution in [-0.2, 0) is 13.1 Å². The van der Waals surface area contributed by atoms with Gasteiger partial charge in [-0.15, -0.1) is 0 Å².